The third-order valence-electron chi connectivity index (χ3n) is 1.64. The van der Waals surface area contributed by atoms with E-state index in [0.29, 0.717) is 18.7 Å². The number of hydrogen-bond acceptors (Lipinski definition) is 3. The summed E-state index contributed by atoms with van der Waals surface area (Å²) in [7, 11) is 0. The van der Waals surface area contributed by atoms with Gasteiger partial charge in [-0.2, -0.15) is 0 Å². The molecule has 0 fully saturated rings. The summed E-state index contributed by atoms with van der Waals surface area (Å²) in [6.07, 6.45) is 0.537. The van der Waals surface area contributed by atoms with Crippen LogP contribution in [-0.4, -0.2) is 24.2 Å². The van der Waals surface area contributed by atoms with Gasteiger partial charge in [-0.15, -0.1) is 11.6 Å². The van der Waals surface area contributed by atoms with Gasteiger partial charge >= 0.3 is 0 Å². The van der Waals surface area contributed by atoms with E-state index in [1.807, 2.05) is 0 Å². The highest BCUT2D eigenvalue weighted by molar-refractivity contribution is 6.16. The summed E-state index contributed by atoms with van der Waals surface area (Å²) in [5.41, 5.74) is 0. The molecule has 2 N–H and O–H groups in total. The number of alkyl halides is 1. The Morgan fingerprint density at radius 3 is 2.93 bits per heavy atom. The molecule has 0 aromatic carbocycles. The topological polar surface area (TPSA) is 62.5 Å². The predicted molar refractivity (Wildman–Crippen MR) is 52.3 cm³/mol. The Morgan fingerprint density at radius 2 is 2.36 bits per heavy atom. The Kier molecular flexibility index (Phi) is 4.49. The molecule has 0 unspecified atom stereocenters. The number of halogens is 1. The molecule has 1 aromatic heterocycles. The van der Waals surface area contributed by atoms with Gasteiger partial charge in [-0.1, -0.05) is 0 Å². The molecule has 5 heteroatoms. The minimum atomic E-state index is -0.283. The number of aliphatic hydroxyl groups is 1. The normalized spacial score (nSPS) is 10.1. The molecular formula is C9H12ClNO3. The van der Waals surface area contributed by atoms with Gasteiger partial charge in [0.1, 0.15) is 5.76 Å². The highest BCUT2D eigenvalue weighted by atomic mass is 35.5. The Hall–Kier alpha value is -1.00. The van der Waals surface area contributed by atoms with Crippen LogP contribution in [0.4, 0.5) is 0 Å². The van der Waals surface area contributed by atoms with Crippen molar-refractivity contribution < 1.29 is 14.3 Å². The van der Waals surface area contributed by atoms with Crippen LogP contribution in [0.25, 0.3) is 0 Å². The highest BCUT2D eigenvalue weighted by Gasteiger charge is 2.09. The van der Waals surface area contributed by atoms with E-state index in [1.54, 1.807) is 12.1 Å². The van der Waals surface area contributed by atoms with E-state index in [0.717, 1.165) is 0 Å². The lowest BCUT2D eigenvalue weighted by Crippen LogP contribution is -2.24. The molecule has 0 radical (unpaired) electrons. The molecule has 14 heavy (non-hydrogen) atoms. The van der Waals surface area contributed by atoms with Gasteiger partial charge in [-0.05, 0) is 18.6 Å². The minimum Gasteiger partial charge on any atom is -0.455 e. The molecule has 0 aliphatic rings. The molecule has 1 heterocycles. The molecule has 0 bridgehead atoms. The maximum atomic E-state index is 11.3. The Balaban J connectivity index is 2.44. The number of carbonyl (C=O) groups is 1. The molecule has 0 aliphatic carbocycles. The van der Waals surface area contributed by atoms with Gasteiger partial charge in [0.2, 0.25) is 0 Å². The SMILES string of the molecule is O=C(NCCCO)c1ccc(CCl)o1. The summed E-state index contributed by atoms with van der Waals surface area (Å²) in [6, 6.07) is 3.24. The van der Waals surface area contributed by atoms with Crippen LogP contribution in [0.2, 0.25) is 0 Å². The second-order valence-electron chi connectivity index (χ2n) is 2.73. The summed E-state index contributed by atoms with van der Waals surface area (Å²) in [6.45, 7) is 0.498. The van der Waals surface area contributed by atoms with Gasteiger partial charge in [-0.25, -0.2) is 0 Å². The molecular weight excluding hydrogens is 206 g/mol. The largest absolute Gasteiger partial charge is 0.455 e. The van der Waals surface area contributed by atoms with Crippen molar-refractivity contribution in [1.82, 2.24) is 5.32 Å². The smallest absolute Gasteiger partial charge is 0.286 e. The van der Waals surface area contributed by atoms with E-state index in [1.165, 1.54) is 0 Å². The lowest BCUT2D eigenvalue weighted by atomic mass is 10.4. The first kappa shape index (κ1) is 11.1. The van der Waals surface area contributed by atoms with Crippen molar-refractivity contribution in [3.8, 4) is 0 Å². The fourth-order valence-corrected chi connectivity index (χ4v) is 1.08. The van der Waals surface area contributed by atoms with Gasteiger partial charge in [0.15, 0.2) is 5.76 Å². The van der Waals surface area contributed by atoms with E-state index in [4.69, 9.17) is 21.1 Å². The number of aliphatic hydroxyl groups excluding tert-OH is 1. The Bertz CT molecular complexity index is 298. The van der Waals surface area contributed by atoms with Crippen molar-refractivity contribution in [3.63, 3.8) is 0 Å². The van der Waals surface area contributed by atoms with Crippen LogP contribution in [0.15, 0.2) is 16.5 Å². The third-order valence-corrected chi connectivity index (χ3v) is 1.90. The zero-order chi connectivity index (χ0) is 10.4. The fraction of sp³-hybridized carbons (Fsp3) is 0.444. The quantitative estimate of drug-likeness (QED) is 0.574. The standard InChI is InChI=1S/C9H12ClNO3/c10-6-7-2-3-8(14-7)9(13)11-4-1-5-12/h2-3,12H,1,4-6H2,(H,11,13). The summed E-state index contributed by atoms with van der Waals surface area (Å²) in [4.78, 5) is 11.3. The van der Waals surface area contributed by atoms with Gasteiger partial charge in [0, 0.05) is 13.2 Å². The molecule has 1 rings (SSSR count). The predicted octanol–water partition coefficient (Wildman–Crippen LogP) is 1.13. The average molecular weight is 218 g/mol. The van der Waals surface area contributed by atoms with Crippen LogP contribution in [0.3, 0.4) is 0 Å². The molecule has 0 spiro atoms. The van der Waals surface area contributed by atoms with Gasteiger partial charge < -0.3 is 14.8 Å². The molecule has 0 atom stereocenters. The zero-order valence-corrected chi connectivity index (χ0v) is 8.38. The number of amides is 1. The molecule has 1 amide bonds. The molecule has 4 nitrogen and oxygen atoms in total. The van der Waals surface area contributed by atoms with E-state index in [2.05, 4.69) is 5.32 Å². The van der Waals surface area contributed by atoms with Gasteiger partial charge in [0.05, 0.1) is 5.88 Å². The number of carbonyl (C=O) groups excluding carboxylic acids is 1. The van der Waals surface area contributed by atoms with Crippen LogP contribution < -0.4 is 5.32 Å². The summed E-state index contributed by atoms with van der Waals surface area (Å²) >= 11 is 5.51. The van der Waals surface area contributed by atoms with E-state index in [9.17, 15) is 4.79 Å². The number of hydrogen-bond donors (Lipinski definition) is 2. The first-order chi connectivity index (χ1) is 6.77. The molecule has 0 aliphatic heterocycles. The molecule has 0 saturated heterocycles. The first-order valence-corrected chi connectivity index (χ1v) is 4.85. The summed E-state index contributed by atoms with van der Waals surface area (Å²) < 4.78 is 5.12. The van der Waals surface area contributed by atoms with Crippen LogP contribution in [0.1, 0.15) is 22.7 Å². The maximum Gasteiger partial charge on any atom is 0.286 e. The molecule has 1 aromatic rings. The lowest BCUT2D eigenvalue weighted by Gasteiger charge is -2.00. The minimum absolute atomic E-state index is 0.0609. The lowest BCUT2D eigenvalue weighted by molar-refractivity contribution is 0.0922. The highest BCUT2D eigenvalue weighted by Crippen LogP contribution is 2.09. The van der Waals surface area contributed by atoms with Gasteiger partial charge in [-0.3, -0.25) is 4.79 Å². The number of furan rings is 1. The average Bonchev–Trinajstić information content (AvgIpc) is 2.66. The van der Waals surface area contributed by atoms with Crippen molar-refractivity contribution >= 4 is 17.5 Å². The van der Waals surface area contributed by atoms with E-state index >= 15 is 0 Å². The summed E-state index contributed by atoms with van der Waals surface area (Å²) in [5, 5.41) is 11.1. The Labute approximate surface area is 86.9 Å². The number of rotatable bonds is 5. The van der Waals surface area contributed by atoms with Crippen molar-refractivity contribution in [1.29, 1.82) is 0 Å². The van der Waals surface area contributed by atoms with Crippen molar-refractivity contribution in [2.45, 2.75) is 12.3 Å². The van der Waals surface area contributed by atoms with Crippen molar-refractivity contribution in [2.75, 3.05) is 13.2 Å². The fourth-order valence-electron chi connectivity index (χ4n) is 0.940. The third kappa shape index (κ3) is 3.05. The van der Waals surface area contributed by atoms with Gasteiger partial charge in [0.25, 0.3) is 5.91 Å². The number of nitrogens with one attached hydrogen (secondary N) is 1. The van der Waals surface area contributed by atoms with E-state index in [-0.39, 0.29) is 24.2 Å². The second-order valence-corrected chi connectivity index (χ2v) is 3.00. The van der Waals surface area contributed by atoms with Crippen LogP contribution in [-0.2, 0) is 5.88 Å². The van der Waals surface area contributed by atoms with E-state index < -0.39 is 0 Å². The molecule has 78 valence electrons. The van der Waals surface area contributed by atoms with Crippen LogP contribution in [0, 0.1) is 0 Å². The van der Waals surface area contributed by atoms with Crippen LogP contribution in [0.5, 0.6) is 0 Å². The van der Waals surface area contributed by atoms with Crippen molar-refractivity contribution in [3.05, 3.63) is 23.7 Å². The summed E-state index contributed by atoms with van der Waals surface area (Å²) in [5.74, 6) is 0.789. The zero-order valence-electron chi connectivity index (χ0n) is 7.62. The first-order valence-electron chi connectivity index (χ1n) is 4.31. The monoisotopic (exact) mass is 217 g/mol. The Morgan fingerprint density at radius 1 is 1.57 bits per heavy atom. The second kappa shape index (κ2) is 5.67. The molecule has 0 saturated carbocycles. The van der Waals surface area contributed by atoms with Crippen LogP contribution >= 0.6 is 11.6 Å². The maximum absolute atomic E-state index is 11.3. The van der Waals surface area contributed by atoms with Crippen molar-refractivity contribution in [2.24, 2.45) is 0 Å².